The third-order valence-electron chi connectivity index (χ3n) is 4.23. The van der Waals surface area contributed by atoms with Crippen LogP contribution in [0.2, 0.25) is 0 Å². The lowest BCUT2D eigenvalue weighted by Gasteiger charge is -2.13. The number of aromatic nitrogens is 3. The predicted octanol–water partition coefficient (Wildman–Crippen LogP) is 4.45. The number of nitrogens with zero attached hydrogens (tertiary/aromatic N) is 2. The van der Waals surface area contributed by atoms with Crippen molar-refractivity contribution in [2.24, 2.45) is 0 Å². The lowest BCUT2D eigenvalue weighted by atomic mass is 10.2. The van der Waals surface area contributed by atoms with Crippen LogP contribution in [-0.4, -0.2) is 32.4 Å². The summed E-state index contributed by atoms with van der Waals surface area (Å²) in [5.74, 6) is -0.416. The molecule has 4 aromatic rings. The van der Waals surface area contributed by atoms with Crippen LogP contribution in [0.1, 0.15) is 6.92 Å². The van der Waals surface area contributed by atoms with E-state index in [1.165, 1.54) is 23.6 Å². The average molecular weight is 433 g/mol. The SMILES string of the molecule is CC(=O)CSc1nc2c([nH]c3ccccc32)c(=O)n1-c1ccc(OC(F)(F)F)cc1. The molecule has 0 aliphatic heterocycles. The highest BCUT2D eigenvalue weighted by molar-refractivity contribution is 7.99. The number of nitrogens with one attached hydrogen (secondary N) is 1. The van der Waals surface area contributed by atoms with Gasteiger partial charge in [0.25, 0.3) is 5.56 Å². The van der Waals surface area contributed by atoms with E-state index in [2.05, 4.69) is 14.7 Å². The molecule has 0 fully saturated rings. The molecule has 2 aromatic carbocycles. The molecule has 0 aliphatic carbocycles. The van der Waals surface area contributed by atoms with Crippen LogP contribution in [-0.2, 0) is 4.79 Å². The summed E-state index contributed by atoms with van der Waals surface area (Å²) < 4.78 is 42.4. The molecule has 4 rings (SSSR count). The third-order valence-corrected chi connectivity index (χ3v) is 5.31. The molecule has 2 heterocycles. The van der Waals surface area contributed by atoms with Gasteiger partial charge in [0.2, 0.25) is 0 Å². The summed E-state index contributed by atoms with van der Waals surface area (Å²) in [4.78, 5) is 32.4. The summed E-state index contributed by atoms with van der Waals surface area (Å²) in [6, 6.07) is 12.2. The Morgan fingerprint density at radius 3 is 2.53 bits per heavy atom. The largest absolute Gasteiger partial charge is 0.573 e. The number of alkyl halides is 3. The van der Waals surface area contributed by atoms with Gasteiger partial charge in [-0.2, -0.15) is 0 Å². The van der Waals surface area contributed by atoms with E-state index < -0.39 is 17.7 Å². The van der Waals surface area contributed by atoms with E-state index in [9.17, 15) is 22.8 Å². The van der Waals surface area contributed by atoms with E-state index in [0.29, 0.717) is 11.2 Å². The van der Waals surface area contributed by atoms with Gasteiger partial charge in [-0.3, -0.25) is 14.2 Å². The molecule has 0 bridgehead atoms. The lowest BCUT2D eigenvalue weighted by molar-refractivity contribution is -0.274. The van der Waals surface area contributed by atoms with Gasteiger partial charge in [-0.1, -0.05) is 30.0 Å². The van der Waals surface area contributed by atoms with Gasteiger partial charge >= 0.3 is 6.36 Å². The highest BCUT2D eigenvalue weighted by atomic mass is 32.2. The number of hydrogen-bond acceptors (Lipinski definition) is 5. The second kappa shape index (κ2) is 7.52. The fourth-order valence-electron chi connectivity index (χ4n) is 3.03. The van der Waals surface area contributed by atoms with Gasteiger partial charge < -0.3 is 9.72 Å². The molecule has 6 nitrogen and oxygen atoms in total. The number of Topliss-reactive ketones (excluding diaryl/α,β-unsaturated/α-hetero) is 1. The number of benzene rings is 2. The van der Waals surface area contributed by atoms with Crippen molar-refractivity contribution in [3.8, 4) is 11.4 Å². The van der Waals surface area contributed by atoms with Crippen LogP contribution in [0.15, 0.2) is 58.5 Å². The van der Waals surface area contributed by atoms with Crippen molar-refractivity contribution in [1.82, 2.24) is 14.5 Å². The van der Waals surface area contributed by atoms with Crippen LogP contribution in [0.4, 0.5) is 13.2 Å². The van der Waals surface area contributed by atoms with Crippen molar-refractivity contribution >= 4 is 39.5 Å². The molecule has 0 saturated carbocycles. The zero-order chi connectivity index (χ0) is 21.5. The van der Waals surface area contributed by atoms with Gasteiger partial charge in [0.1, 0.15) is 22.6 Å². The van der Waals surface area contributed by atoms with Gasteiger partial charge in [-0.15, -0.1) is 13.2 Å². The molecule has 0 atom stereocenters. The molecule has 30 heavy (non-hydrogen) atoms. The van der Waals surface area contributed by atoms with Crippen LogP contribution < -0.4 is 10.3 Å². The average Bonchev–Trinajstić information content (AvgIpc) is 3.05. The Hall–Kier alpha value is -3.27. The van der Waals surface area contributed by atoms with Crippen molar-refractivity contribution in [1.29, 1.82) is 0 Å². The van der Waals surface area contributed by atoms with Gasteiger partial charge in [-0.05, 0) is 37.3 Å². The first-order chi connectivity index (χ1) is 14.2. The van der Waals surface area contributed by atoms with Crippen molar-refractivity contribution in [2.45, 2.75) is 18.4 Å². The smallest absolute Gasteiger partial charge is 0.406 e. The maximum Gasteiger partial charge on any atom is 0.573 e. The van der Waals surface area contributed by atoms with Crippen molar-refractivity contribution < 1.29 is 22.7 Å². The van der Waals surface area contributed by atoms with Crippen molar-refractivity contribution in [2.75, 3.05) is 5.75 Å². The van der Waals surface area contributed by atoms with Gasteiger partial charge in [0.05, 0.1) is 11.4 Å². The molecular formula is C20H14F3N3O3S. The lowest BCUT2D eigenvalue weighted by Crippen LogP contribution is -2.22. The number of carbonyl (C=O) groups excluding carboxylic acids is 1. The number of rotatable bonds is 5. The monoisotopic (exact) mass is 433 g/mol. The number of para-hydroxylation sites is 1. The second-order valence-electron chi connectivity index (χ2n) is 6.46. The Bertz CT molecular complexity index is 1310. The van der Waals surface area contributed by atoms with E-state index in [1.807, 2.05) is 24.3 Å². The number of H-pyrrole nitrogens is 1. The maximum atomic E-state index is 13.3. The van der Waals surface area contributed by atoms with Crippen molar-refractivity contribution in [3.05, 3.63) is 58.9 Å². The number of ether oxygens (including phenoxy) is 1. The van der Waals surface area contributed by atoms with Crippen LogP contribution >= 0.6 is 11.8 Å². The fraction of sp³-hybridized carbons (Fsp3) is 0.150. The molecule has 10 heteroatoms. The third kappa shape index (κ3) is 3.90. The van der Waals surface area contributed by atoms with Crippen LogP contribution in [0.5, 0.6) is 5.75 Å². The molecule has 0 radical (unpaired) electrons. The fourth-order valence-corrected chi connectivity index (χ4v) is 3.84. The second-order valence-corrected chi connectivity index (χ2v) is 7.40. The zero-order valence-electron chi connectivity index (χ0n) is 15.5. The normalized spacial score (nSPS) is 11.9. The number of hydrogen-bond donors (Lipinski definition) is 1. The summed E-state index contributed by atoms with van der Waals surface area (Å²) in [7, 11) is 0. The highest BCUT2D eigenvalue weighted by Crippen LogP contribution is 2.28. The van der Waals surface area contributed by atoms with E-state index in [0.717, 1.165) is 34.8 Å². The number of thioether (sulfide) groups is 1. The molecule has 154 valence electrons. The van der Waals surface area contributed by atoms with Gasteiger partial charge in [0.15, 0.2) is 5.16 Å². The van der Waals surface area contributed by atoms with Gasteiger partial charge in [-0.25, -0.2) is 4.98 Å². The number of aromatic amines is 1. The van der Waals surface area contributed by atoms with Crippen LogP contribution in [0.3, 0.4) is 0 Å². The molecular weight excluding hydrogens is 419 g/mol. The Balaban J connectivity index is 1.89. The molecule has 0 amide bonds. The highest BCUT2D eigenvalue weighted by Gasteiger charge is 2.31. The zero-order valence-corrected chi connectivity index (χ0v) is 16.3. The quantitative estimate of drug-likeness (QED) is 0.372. The Kier molecular flexibility index (Phi) is 5.02. The minimum atomic E-state index is -4.81. The topological polar surface area (TPSA) is 77.0 Å². The van der Waals surface area contributed by atoms with E-state index in [-0.39, 0.29) is 22.2 Å². The predicted molar refractivity (Wildman–Crippen MR) is 107 cm³/mol. The van der Waals surface area contributed by atoms with E-state index in [4.69, 9.17) is 0 Å². The van der Waals surface area contributed by atoms with Crippen LogP contribution in [0.25, 0.3) is 27.6 Å². The van der Waals surface area contributed by atoms with E-state index in [1.54, 1.807) is 0 Å². The summed E-state index contributed by atoms with van der Waals surface area (Å²) in [5.41, 5.74) is 1.33. The number of fused-ring (bicyclic) bond motifs is 3. The van der Waals surface area contributed by atoms with Crippen LogP contribution in [0, 0.1) is 0 Å². The first kappa shape index (κ1) is 20.0. The molecule has 1 N–H and O–H groups in total. The number of ketones is 1. The minimum Gasteiger partial charge on any atom is -0.406 e. The molecule has 0 unspecified atom stereocenters. The number of carbonyl (C=O) groups is 1. The first-order valence-electron chi connectivity index (χ1n) is 8.75. The Labute approximate surface area is 171 Å². The maximum absolute atomic E-state index is 13.3. The summed E-state index contributed by atoms with van der Waals surface area (Å²) in [6.07, 6.45) is -4.81. The Morgan fingerprint density at radius 2 is 1.87 bits per heavy atom. The minimum absolute atomic E-state index is 0.0928. The summed E-state index contributed by atoms with van der Waals surface area (Å²) in [5, 5.41) is 1.02. The van der Waals surface area contributed by atoms with Gasteiger partial charge in [0, 0.05) is 10.9 Å². The van der Waals surface area contributed by atoms with E-state index >= 15 is 0 Å². The summed E-state index contributed by atoms with van der Waals surface area (Å²) >= 11 is 1.08. The Morgan fingerprint density at radius 1 is 1.17 bits per heavy atom. The number of halogens is 3. The molecule has 0 saturated heterocycles. The van der Waals surface area contributed by atoms with Crippen molar-refractivity contribution in [3.63, 3.8) is 0 Å². The standard InChI is InChI=1S/C20H14F3N3O3S/c1-11(27)10-30-19-25-16-14-4-2-3-5-15(14)24-17(16)18(28)26(19)12-6-8-13(9-7-12)29-20(21,22)23/h2-9,24H,10H2,1H3. The summed E-state index contributed by atoms with van der Waals surface area (Å²) in [6.45, 7) is 1.42. The first-order valence-corrected chi connectivity index (χ1v) is 9.73. The molecule has 0 aliphatic rings. The molecule has 0 spiro atoms. The molecule has 2 aromatic heterocycles.